The van der Waals surface area contributed by atoms with Gasteiger partial charge in [0.05, 0.1) is 7.11 Å². The van der Waals surface area contributed by atoms with Crippen LogP contribution in [0.2, 0.25) is 0 Å². The number of nitrogens with zero attached hydrogens (tertiary/aromatic N) is 3. The molecule has 0 atom stereocenters. The number of ether oxygens (including phenoxy) is 1. The predicted molar refractivity (Wildman–Crippen MR) is 97.8 cm³/mol. The van der Waals surface area contributed by atoms with Crippen molar-refractivity contribution < 1.29 is 4.74 Å². The van der Waals surface area contributed by atoms with E-state index in [-0.39, 0.29) is 0 Å². The monoisotopic (exact) mass is 326 g/mol. The van der Waals surface area contributed by atoms with Gasteiger partial charge in [0.25, 0.3) is 0 Å². The Morgan fingerprint density at radius 3 is 2.88 bits per heavy atom. The Morgan fingerprint density at radius 2 is 2.08 bits per heavy atom. The Balaban J connectivity index is 1.54. The van der Waals surface area contributed by atoms with E-state index in [1.165, 1.54) is 18.4 Å². The molecular weight excluding hydrogens is 300 g/mol. The van der Waals surface area contributed by atoms with Gasteiger partial charge in [-0.1, -0.05) is 19.1 Å². The van der Waals surface area contributed by atoms with Crippen molar-refractivity contribution in [1.82, 2.24) is 9.97 Å². The minimum Gasteiger partial charge on any atom is -0.497 e. The summed E-state index contributed by atoms with van der Waals surface area (Å²) in [5.41, 5.74) is 1.25. The third kappa shape index (κ3) is 4.37. The molecule has 1 fully saturated rings. The SMILES string of the molecule is COc1cccc(CCNc2ccnc(N3CCC(C)CC3)n2)c1. The molecule has 2 heterocycles. The van der Waals surface area contributed by atoms with Gasteiger partial charge >= 0.3 is 0 Å². The predicted octanol–water partition coefficient (Wildman–Crippen LogP) is 3.38. The molecular formula is C19H26N4O. The molecule has 5 heteroatoms. The molecule has 5 nitrogen and oxygen atoms in total. The maximum atomic E-state index is 5.26. The fraction of sp³-hybridized carbons (Fsp3) is 0.474. The van der Waals surface area contributed by atoms with Gasteiger partial charge in [-0.25, -0.2) is 4.98 Å². The number of nitrogens with one attached hydrogen (secondary N) is 1. The van der Waals surface area contributed by atoms with Crippen molar-refractivity contribution in [2.45, 2.75) is 26.2 Å². The van der Waals surface area contributed by atoms with Crippen LogP contribution < -0.4 is 15.0 Å². The molecule has 1 aliphatic heterocycles. The zero-order valence-electron chi connectivity index (χ0n) is 14.5. The van der Waals surface area contributed by atoms with Crippen molar-refractivity contribution in [3.05, 3.63) is 42.1 Å². The summed E-state index contributed by atoms with van der Waals surface area (Å²) >= 11 is 0. The van der Waals surface area contributed by atoms with Crippen molar-refractivity contribution in [3.8, 4) is 5.75 Å². The average Bonchev–Trinajstić information content (AvgIpc) is 2.63. The molecule has 0 saturated carbocycles. The third-order valence-corrected chi connectivity index (χ3v) is 4.56. The van der Waals surface area contributed by atoms with Gasteiger partial charge in [0, 0.05) is 25.8 Å². The summed E-state index contributed by atoms with van der Waals surface area (Å²) in [6, 6.07) is 10.1. The first-order valence-electron chi connectivity index (χ1n) is 8.69. The number of benzene rings is 1. The van der Waals surface area contributed by atoms with Gasteiger partial charge in [-0.2, -0.15) is 4.98 Å². The highest BCUT2D eigenvalue weighted by Crippen LogP contribution is 2.20. The average molecular weight is 326 g/mol. The van der Waals surface area contributed by atoms with Gasteiger partial charge in [-0.3, -0.25) is 0 Å². The molecule has 24 heavy (non-hydrogen) atoms. The summed E-state index contributed by atoms with van der Waals surface area (Å²) in [6.07, 6.45) is 5.21. The van der Waals surface area contributed by atoms with Crippen LogP contribution in [0.25, 0.3) is 0 Å². The smallest absolute Gasteiger partial charge is 0.227 e. The van der Waals surface area contributed by atoms with Crippen LogP contribution in [0.5, 0.6) is 5.75 Å². The lowest BCUT2D eigenvalue weighted by atomic mass is 10.00. The number of hydrogen-bond donors (Lipinski definition) is 1. The van der Waals surface area contributed by atoms with Crippen molar-refractivity contribution in [2.75, 3.05) is 37.0 Å². The Bertz CT molecular complexity index is 653. The van der Waals surface area contributed by atoms with Crippen molar-refractivity contribution in [2.24, 2.45) is 5.92 Å². The maximum absolute atomic E-state index is 5.26. The second-order valence-electron chi connectivity index (χ2n) is 6.44. The molecule has 0 bridgehead atoms. The van der Waals surface area contributed by atoms with Crippen LogP contribution in [-0.4, -0.2) is 36.7 Å². The molecule has 3 rings (SSSR count). The second-order valence-corrected chi connectivity index (χ2v) is 6.44. The summed E-state index contributed by atoms with van der Waals surface area (Å²) in [5.74, 6) is 3.44. The Labute approximate surface area is 144 Å². The molecule has 128 valence electrons. The molecule has 1 aliphatic rings. The first-order valence-corrected chi connectivity index (χ1v) is 8.69. The number of aromatic nitrogens is 2. The van der Waals surface area contributed by atoms with Gasteiger partial charge < -0.3 is 15.0 Å². The van der Waals surface area contributed by atoms with E-state index in [1.54, 1.807) is 7.11 Å². The third-order valence-electron chi connectivity index (χ3n) is 4.56. The van der Waals surface area contributed by atoms with Gasteiger partial charge in [0.1, 0.15) is 11.6 Å². The minimum absolute atomic E-state index is 0.811. The molecule has 1 aromatic carbocycles. The van der Waals surface area contributed by atoms with E-state index >= 15 is 0 Å². The van der Waals surface area contributed by atoms with E-state index < -0.39 is 0 Å². The summed E-state index contributed by atoms with van der Waals surface area (Å²) in [5, 5.41) is 3.40. The van der Waals surface area contributed by atoms with E-state index in [1.807, 2.05) is 24.4 Å². The lowest BCUT2D eigenvalue weighted by molar-refractivity contribution is 0.414. The van der Waals surface area contributed by atoms with Crippen molar-refractivity contribution >= 4 is 11.8 Å². The number of piperidine rings is 1. The van der Waals surface area contributed by atoms with Crippen molar-refractivity contribution in [1.29, 1.82) is 0 Å². The largest absolute Gasteiger partial charge is 0.497 e. The fourth-order valence-electron chi connectivity index (χ4n) is 2.97. The lowest BCUT2D eigenvalue weighted by Crippen LogP contribution is -2.34. The lowest BCUT2D eigenvalue weighted by Gasteiger charge is -2.30. The molecule has 0 radical (unpaired) electrons. The number of methoxy groups -OCH3 is 1. The normalized spacial score (nSPS) is 15.3. The minimum atomic E-state index is 0.811. The van der Waals surface area contributed by atoms with Gasteiger partial charge in [-0.05, 0) is 48.9 Å². The summed E-state index contributed by atoms with van der Waals surface area (Å²) in [6.45, 7) is 5.25. The molecule has 1 aromatic heterocycles. The first kappa shape index (κ1) is 16.6. The van der Waals surface area contributed by atoms with E-state index in [9.17, 15) is 0 Å². The second kappa shape index (κ2) is 7.99. The van der Waals surface area contributed by atoms with Gasteiger partial charge in [-0.15, -0.1) is 0 Å². The molecule has 1 N–H and O–H groups in total. The zero-order chi connectivity index (χ0) is 16.8. The topological polar surface area (TPSA) is 50.3 Å². The summed E-state index contributed by atoms with van der Waals surface area (Å²) < 4.78 is 5.26. The van der Waals surface area contributed by atoms with Crippen LogP contribution in [0.15, 0.2) is 36.5 Å². The molecule has 2 aromatic rings. The Morgan fingerprint density at radius 1 is 1.25 bits per heavy atom. The Kier molecular flexibility index (Phi) is 5.51. The van der Waals surface area contributed by atoms with E-state index in [0.717, 1.165) is 49.5 Å². The van der Waals surface area contributed by atoms with Crippen LogP contribution in [0, 0.1) is 5.92 Å². The van der Waals surface area contributed by atoms with Crippen LogP contribution in [-0.2, 0) is 6.42 Å². The quantitative estimate of drug-likeness (QED) is 0.882. The van der Waals surface area contributed by atoms with Crippen LogP contribution >= 0.6 is 0 Å². The number of anilines is 2. The van der Waals surface area contributed by atoms with E-state index in [0.29, 0.717) is 0 Å². The standard InChI is InChI=1S/C19H26N4O/c1-15-8-12-23(13-9-15)19-21-11-7-18(22-19)20-10-6-16-4-3-5-17(14-16)24-2/h3-5,7,11,14-15H,6,8-10,12-13H2,1-2H3,(H,20,21,22). The van der Waals surface area contributed by atoms with E-state index in [4.69, 9.17) is 4.74 Å². The van der Waals surface area contributed by atoms with E-state index in [2.05, 4.69) is 39.2 Å². The Hall–Kier alpha value is -2.30. The highest BCUT2D eigenvalue weighted by molar-refractivity contribution is 5.41. The van der Waals surface area contributed by atoms with Crippen molar-refractivity contribution in [3.63, 3.8) is 0 Å². The molecule has 0 spiro atoms. The highest BCUT2D eigenvalue weighted by Gasteiger charge is 2.17. The van der Waals surface area contributed by atoms with Gasteiger partial charge in [0.2, 0.25) is 5.95 Å². The number of hydrogen-bond acceptors (Lipinski definition) is 5. The highest BCUT2D eigenvalue weighted by atomic mass is 16.5. The van der Waals surface area contributed by atoms with Crippen LogP contribution in [0.1, 0.15) is 25.3 Å². The molecule has 0 aliphatic carbocycles. The summed E-state index contributed by atoms with van der Waals surface area (Å²) in [7, 11) is 1.70. The molecule has 1 saturated heterocycles. The molecule has 0 amide bonds. The first-order chi connectivity index (χ1) is 11.7. The summed E-state index contributed by atoms with van der Waals surface area (Å²) in [4.78, 5) is 11.4. The van der Waals surface area contributed by atoms with Gasteiger partial charge in [0.15, 0.2) is 0 Å². The zero-order valence-corrected chi connectivity index (χ0v) is 14.5. The van der Waals surface area contributed by atoms with Crippen LogP contribution in [0.4, 0.5) is 11.8 Å². The number of rotatable bonds is 6. The maximum Gasteiger partial charge on any atom is 0.227 e. The fourth-order valence-corrected chi connectivity index (χ4v) is 2.97. The molecule has 0 unspecified atom stereocenters. The van der Waals surface area contributed by atoms with Crippen LogP contribution in [0.3, 0.4) is 0 Å².